The Hall–Kier alpha value is -2.36. The molecule has 0 aliphatic rings. The zero-order valence-electron chi connectivity index (χ0n) is 11.6. The summed E-state index contributed by atoms with van der Waals surface area (Å²) < 4.78 is 14.0. The Kier molecular flexibility index (Phi) is 4.03. The first-order valence-electron chi connectivity index (χ1n) is 6.34. The van der Waals surface area contributed by atoms with Gasteiger partial charge in [0, 0.05) is 19.3 Å². The summed E-state index contributed by atoms with van der Waals surface area (Å²) in [6.45, 7) is 2.02. The number of rotatable bonds is 3. The summed E-state index contributed by atoms with van der Waals surface area (Å²) in [4.78, 5) is 13.8. The van der Waals surface area contributed by atoms with E-state index in [9.17, 15) is 9.18 Å². The van der Waals surface area contributed by atoms with Gasteiger partial charge < -0.3 is 10.6 Å². The van der Waals surface area contributed by atoms with Gasteiger partial charge in [-0.15, -0.1) is 0 Å². The smallest absolute Gasteiger partial charge is 0.256 e. The molecule has 0 saturated heterocycles. The van der Waals surface area contributed by atoms with E-state index in [1.165, 1.54) is 17.0 Å². The second-order valence-corrected chi connectivity index (χ2v) is 4.85. The van der Waals surface area contributed by atoms with Crippen LogP contribution in [0.1, 0.15) is 21.5 Å². The number of nitrogens with two attached hydrogens (primary N) is 1. The van der Waals surface area contributed by atoms with Crippen molar-refractivity contribution < 1.29 is 9.18 Å². The van der Waals surface area contributed by atoms with Gasteiger partial charge in [0.2, 0.25) is 0 Å². The van der Waals surface area contributed by atoms with Crippen LogP contribution < -0.4 is 5.73 Å². The molecule has 0 unspecified atom stereocenters. The number of benzene rings is 2. The highest BCUT2D eigenvalue weighted by Crippen LogP contribution is 2.19. The van der Waals surface area contributed by atoms with Gasteiger partial charge in [-0.05, 0) is 30.2 Å². The van der Waals surface area contributed by atoms with Crippen molar-refractivity contribution in [1.82, 2.24) is 4.90 Å². The Labute approximate surface area is 117 Å². The molecule has 4 heteroatoms. The molecule has 0 aliphatic carbocycles. The molecular formula is C16H17FN2O. The summed E-state index contributed by atoms with van der Waals surface area (Å²) in [6, 6.07) is 12.5. The summed E-state index contributed by atoms with van der Waals surface area (Å²) in [7, 11) is 1.65. The Balaban J connectivity index is 2.23. The summed E-state index contributed by atoms with van der Waals surface area (Å²) in [5, 5.41) is 0. The molecule has 2 N–H and O–H groups in total. The standard InChI is InChI=1S/C16H17FN2O/c1-11-8-13(18)9-14(15(11)17)16(20)19(2)10-12-6-4-3-5-7-12/h3-9H,10,18H2,1-2H3. The molecule has 2 rings (SSSR count). The molecule has 3 nitrogen and oxygen atoms in total. The van der Waals surface area contributed by atoms with Gasteiger partial charge in [0.15, 0.2) is 0 Å². The SMILES string of the molecule is Cc1cc(N)cc(C(=O)N(C)Cc2ccccc2)c1F. The number of amides is 1. The number of nitrogen functional groups attached to an aromatic ring is 1. The predicted octanol–water partition coefficient (Wildman–Crippen LogP) is 2.99. The number of hydrogen-bond acceptors (Lipinski definition) is 2. The highest BCUT2D eigenvalue weighted by atomic mass is 19.1. The Bertz CT molecular complexity index is 626. The van der Waals surface area contributed by atoms with Crippen molar-refractivity contribution in [3.05, 3.63) is 65.0 Å². The predicted molar refractivity (Wildman–Crippen MR) is 77.8 cm³/mol. The number of anilines is 1. The van der Waals surface area contributed by atoms with Crippen LogP contribution in [0.2, 0.25) is 0 Å². The third kappa shape index (κ3) is 2.96. The highest BCUT2D eigenvalue weighted by Gasteiger charge is 2.18. The minimum absolute atomic E-state index is 0.0148. The number of halogens is 1. The fourth-order valence-corrected chi connectivity index (χ4v) is 2.09. The lowest BCUT2D eigenvalue weighted by atomic mass is 10.1. The van der Waals surface area contributed by atoms with E-state index in [2.05, 4.69) is 0 Å². The molecule has 20 heavy (non-hydrogen) atoms. The topological polar surface area (TPSA) is 46.3 Å². The van der Waals surface area contributed by atoms with Crippen molar-refractivity contribution in [2.45, 2.75) is 13.5 Å². The average Bonchev–Trinajstić information content (AvgIpc) is 2.43. The Morgan fingerprint density at radius 2 is 1.90 bits per heavy atom. The van der Waals surface area contributed by atoms with Crippen LogP contribution in [-0.4, -0.2) is 17.9 Å². The lowest BCUT2D eigenvalue weighted by Gasteiger charge is -2.18. The van der Waals surface area contributed by atoms with E-state index in [0.717, 1.165) is 5.56 Å². The summed E-state index contributed by atoms with van der Waals surface area (Å²) in [5.74, 6) is -0.883. The van der Waals surface area contributed by atoms with E-state index in [4.69, 9.17) is 5.73 Å². The fraction of sp³-hybridized carbons (Fsp3) is 0.188. The van der Waals surface area contributed by atoms with Crippen LogP contribution in [0.3, 0.4) is 0 Å². The largest absolute Gasteiger partial charge is 0.399 e. The van der Waals surface area contributed by atoms with E-state index in [-0.39, 0.29) is 11.5 Å². The number of aryl methyl sites for hydroxylation is 1. The molecule has 2 aromatic rings. The van der Waals surface area contributed by atoms with Crippen molar-refractivity contribution in [3.8, 4) is 0 Å². The fourth-order valence-electron chi connectivity index (χ4n) is 2.09. The van der Waals surface area contributed by atoms with E-state index in [0.29, 0.717) is 17.8 Å². The van der Waals surface area contributed by atoms with E-state index < -0.39 is 5.82 Å². The van der Waals surface area contributed by atoms with Gasteiger partial charge in [0.25, 0.3) is 5.91 Å². The first-order valence-corrected chi connectivity index (χ1v) is 6.34. The van der Waals surface area contributed by atoms with Gasteiger partial charge in [0.05, 0.1) is 5.56 Å². The van der Waals surface area contributed by atoms with Gasteiger partial charge >= 0.3 is 0 Å². The number of carbonyl (C=O) groups excluding carboxylic acids is 1. The summed E-state index contributed by atoms with van der Waals surface area (Å²) in [5.41, 5.74) is 7.45. The van der Waals surface area contributed by atoms with E-state index >= 15 is 0 Å². The lowest BCUT2D eigenvalue weighted by Crippen LogP contribution is -2.27. The quantitative estimate of drug-likeness (QED) is 0.873. The van der Waals surface area contributed by atoms with Crippen molar-refractivity contribution >= 4 is 11.6 Å². The Morgan fingerprint density at radius 1 is 1.25 bits per heavy atom. The van der Waals surface area contributed by atoms with Crippen LogP contribution in [0.4, 0.5) is 10.1 Å². The first kappa shape index (κ1) is 14.1. The number of carbonyl (C=O) groups is 1. The monoisotopic (exact) mass is 272 g/mol. The van der Waals surface area contributed by atoms with Crippen LogP contribution in [0.15, 0.2) is 42.5 Å². The first-order chi connectivity index (χ1) is 9.49. The molecular weight excluding hydrogens is 255 g/mol. The third-order valence-corrected chi connectivity index (χ3v) is 3.12. The van der Waals surface area contributed by atoms with E-state index in [1.54, 1.807) is 14.0 Å². The maximum Gasteiger partial charge on any atom is 0.256 e. The maximum absolute atomic E-state index is 14.0. The number of nitrogens with zero attached hydrogens (tertiary/aromatic N) is 1. The van der Waals surface area contributed by atoms with Crippen molar-refractivity contribution in [2.75, 3.05) is 12.8 Å². The van der Waals surface area contributed by atoms with Gasteiger partial charge in [-0.1, -0.05) is 30.3 Å². The molecule has 0 fully saturated rings. The van der Waals surface area contributed by atoms with Gasteiger partial charge in [-0.25, -0.2) is 4.39 Å². The molecule has 0 radical (unpaired) electrons. The van der Waals surface area contributed by atoms with Crippen LogP contribution in [0.5, 0.6) is 0 Å². The summed E-state index contributed by atoms with van der Waals surface area (Å²) >= 11 is 0. The van der Waals surface area contributed by atoms with Gasteiger partial charge in [-0.2, -0.15) is 0 Å². The van der Waals surface area contributed by atoms with Crippen molar-refractivity contribution in [2.24, 2.45) is 0 Å². The van der Waals surface area contributed by atoms with Crippen LogP contribution in [0, 0.1) is 12.7 Å². The molecule has 0 spiro atoms. The molecule has 1 amide bonds. The normalized spacial score (nSPS) is 10.3. The average molecular weight is 272 g/mol. The Morgan fingerprint density at radius 3 is 2.55 bits per heavy atom. The van der Waals surface area contributed by atoms with Crippen molar-refractivity contribution in [3.63, 3.8) is 0 Å². The minimum Gasteiger partial charge on any atom is -0.399 e. The molecule has 0 atom stereocenters. The molecule has 0 saturated carbocycles. The summed E-state index contributed by atoms with van der Waals surface area (Å²) in [6.07, 6.45) is 0. The van der Waals surface area contributed by atoms with Gasteiger partial charge in [-0.3, -0.25) is 4.79 Å². The van der Waals surface area contributed by atoms with Gasteiger partial charge in [0.1, 0.15) is 5.82 Å². The van der Waals surface area contributed by atoms with Crippen molar-refractivity contribution in [1.29, 1.82) is 0 Å². The second-order valence-electron chi connectivity index (χ2n) is 4.85. The third-order valence-electron chi connectivity index (χ3n) is 3.12. The lowest BCUT2D eigenvalue weighted by molar-refractivity contribution is 0.0780. The highest BCUT2D eigenvalue weighted by molar-refractivity contribution is 5.95. The van der Waals surface area contributed by atoms with Crippen LogP contribution in [-0.2, 0) is 6.54 Å². The molecule has 2 aromatic carbocycles. The molecule has 0 bridgehead atoms. The molecule has 0 aliphatic heterocycles. The zero-order chi connectivity index (χ0) is 14.7. The minimum atomic E-state index is -0.510. The molecule has 104 valence electrons. The molecule has 0 heterocycles. The van der Waals surface area contributed by atoms with Crippen LogP contribution in [0.25, 0.3) is 0 Å². The second kappa shape index (κ2) is 5.74. The zero-order valence-corrected chi connectivity index (χ0v) is 11.6. The number of hydrogen-bond donors (Lipinski definition) is 1. The molecule has 0 aromatic heterocycles. The van der Waals surface area contributed by atoms with Crippen LogP contribution >= 0.6 is 0 Å². The maximum atomic E-state index is 14.0. The van der Waals surface area contributed by atoms with E-state index in [1.807, 2.05) is 30.3 Å².